The monoisotopic (exact) mass is 211 g/mol. The Kier molecular flexibility index (Phi) is 2.42. The Morgan fingerprint density at radius 2 is 2.13 bits per heavy atom. The molecule has 1 heterocycles. The number of hydrogen-bond donors (Lipinski definition) is 1. The van der Waals surface area contributed by atoms with Crippen molar-refractivity contribution in [2.75, 3.05) is 5.32 Å². The molecule has 1 unspecified atom stereocenters. The third-order valence-electron chi connectivity index (χ3n) is 2.60. The molecular formula is C11H11F2NO. The molecule has 1 aromatic carbocycles. The summed E-state index contributed by atoms with van der Waals surface area (Å²) in [4.78, 5) is 11.5. The standard InChI is InChI=1S/C11H11F2NO/c1-2-3-7-8-4-6(12)5-9(13)10(8)14-11(7)15/h4-5,7H,2-3H2,1H3,(H,14,15). The second kappa shape index (κ2) is 3.61. The summed E-state index contributed by atoms with van der Waals surface area (Å²) in [6, 6.07) is 2.02. The van der Waals surface area contributed by atoms with Gasteiger partial charge in [-0.25, -0.2) is 8.78 Å². The lowest BCUT2D eigenvalue weighted by Crippen LogP contribution is -2.11. The zero-order valence-corrected chi connectivity index (χ0v) is 8.31. The van der Waals surface area contributed by atoms with Gasteiger partial charge in [-0.1, -0.05) is 13.3 Å². The first kappa shape index (κ1) is 10.1. The van der Waals surface area contributed by atoms with E-state index in [1.165, 1.54) is 6.07 Å². The minimum atomic E-state index is -0.697. The molecular weight excluding hydrogens is 200 g/mol. The highest BCUT2D eigenvalue weighted by Gasteiger charge is 2.32. The van der Waals surface area contributed by atoms with Gasteiger partial charge in [-0.05, 0) is 18.1 Å². The molecule has 1 aromatic rings. The van der Waals surface area contributed by atoms with Crippen LogP contribution in [0.5, 0.6) is 0 Å². The number of nitrogens with one attached hydrogen (secondary N) is 1. The molecule has 2 rings (SSSR count). The number of benzene rings is 1. The average molecular weight is 211 g/mol. The van der Waals surface area contributed by atoms with Gasteiger partial charge in [-0.15, -0.1) is 0 Å². The molecule has 80 valence electrons. The SMILES string of the molecule is CCCC1C(=O)Nc2c(F)cc(F)cc21. The quantitative estimate of drug-likeness (QED) is 0.800. The van der Waals surface area contributed by atoms with Gasteiger partial charge in [-0.2, -0.15) is 0 Å². The Morgan fingerprint density at radius 1 is 1.40 bits per heavy atom. The van der Waals surface area contributed by atoms with Crippen molar-refractivity contribution in [3.63, 3.8) is 0 Å². The zero-order chi connectivity index (χ0) is 11.0. The van der Waals surface area contributed by atoms with E-state index >= 15 is 0 Å². The fraction of sp³-hybridized carbons (Fsp3) is 0.364. The molecule has 4 heteroatoms. The highest BCUT2D eigenvalue weighted by Crippen LogP contribution is 2.37. The highest BCUT2D eigenvalue weighted by atomic mass is 19.1. The van der Waals surface area contributed by atoms with Crippen molar-refractivity contribution in [2.45, 2.75) is 25.7 Å². The number of amides is 1. The van der Waals surface area contributed by atoms with E-state index < -0.39 is 17.6 Å². The van der Waals surface area contributed by atoms with Crippen molar-refractivity contribution in [1.29, 1.82) is 0 Å². The van der Waals surface area contributed by atoms with Crippen LogP contribution in [0.1, 0.15) is 31.2 Å². The smallest absolute Gasteiger partial charge is 0.232 e. The number of carbonyl (C=O) groups excluding carboxylic acids is 1. The molecule has 0 fully saturated rings. The number of carbonyl (C=O) groups is 1. The molecule has 0 spiro atoms. The lowest BCUT2D eigenvalue weighted by Gasteiger charge is -2.06. The first-order chi connectivity index (χ1) is 7.13. The second-order valence-electron chi connectivity index (χ2n) is 3.68. The van der Waals surface area contributed by atoms with Crippen LogP contribution in [-0.2, 0) is 4.79 Å². The van der Waals surface area contributed by atoms with Crippen molar-refractivity contribution >= 4 is 11.6 Å². The third kappa shape index (κ3) is 1.60. The van der Waals surface area contributed by atoms with Gasteiger partial charge in [0.2, 0.25) is 5.91 Å². The van der Waals surface area contributed by atoms with E-state index in [1.54, 1.807) is 0 Å². The maximum absolute atomic E-state index is 13.3. The summed E-state index contributed by atoms with van der Waals surface area (Å²) in [6.07, 6.45) is 1.41. The topological polar surface area (TPSA) is 29.1 Å². The molecule has 15 heavy (non-hydrogen) atoms. The summed E-state index contributed by atoms with van der Waals surface area (Å²) in [5.74, 6) is -1.98. The molecule has 1 aliphatic rings. The molecule has 1 atom stereocenters. The molecule has 0 saturated heterocycles. The van der Waals surface area contributed by atoms with Crippen molar-refractivity contribution < 1.29 is 13.6 Å². The Morgan fingerprint density at radius 3 is 2.80 bits per heavy atom. The van der Waals surface area contributed by atoms with Crippen LogP contribution in [0.3, 0.4) is 0 Å². The lowest BCUT2D eigenvalue weighted by molar-refractivity contribution is -0.117. The Balaban J connectivity index is 2.48. The first-order valence-electron chi connectivity index (χ1n) is 4.93. The van der Waals surface area contributed by atoms with E-state index in [0.717, 1.165) is 12.5 Å². The molecule has 0 aliphatic carbocycles. The van der Waals surface area contributed by atoms with Crippen LogP contribution in [0.2, 0.25) is 0 Å². The molecule has 0 saturated carbocycles. The van der Waals surface area contributed by atoms with Gasteiger partial charge in [-0.3, -0.25) is 4.79 Å². The van der Waals surface area contributed by atoms with Gasteiger partial charge in [0.25, 0.3) is 0 Å². The molecule has 1 aliphatic heterocycles. The minimum absolute atomic E-state index is 0.139. The van der Waals surface area contributed by atoms with Gasteiger partial charge in [0, 0.05) is 6.07 Å². The molecule has 0 radical (unpaired) electrons. The third-order valence-corrected chi connectivity index (χ3v) is 2.60. The van der Waals surface area contributed by atoms with Crippen LogP contribution in [0, 0.1) is 11.6 Å². The van der Waals surface area contributed by atoms with Gasteiger partial charge >= 0.3 is 0 Å². The predicted molar refractivity (Wildman–Crippen MR) is 52.6 cm³/mol. The zero-order valence-electron chi connectivity index (χ0n) is 8.31. The van der Waals surface area contributed by atoms with E-state index in [-0.39, 0.29) is 11.6 Å². The van der Waals surface area contributed by atoms with Crippen LogP contribution >= 0.6 is 0 Å². The summed E-state index contributed by atoms with van der Waals surface area (Å²) in [6.45, 7) is 1.93. The molecule has 0 aromatic heterocycles. The van der Waals surface area contributed by atoms with Crippen molar-refractivity contribution in [3.8, 4) is 0 Å². The van der Waals surface area contributed by atoms with E-state index in [4.69, 9.17) is 0 Å². The van der Waals surface area contributed by atoms with Crippen molar-refractivity contribution in [3.05, 3.63) is 29.3 Å². The van der Waals surface area contributed by atoms with Gasteiger partial charge < -0.3 is 5.32 Å². The van der Waals surface area contributed by atoms with Crippen LogP contribution in [0.4, 0.5) is 14.5 Å². The maximum Gasteiger partial charge on any atom is 0.232 e. The Labute approximate surface area is 86.3 Å². The van der Waals surface area contributed by atoms with Gasteiger partial charge in [0.05, 0.1) is 11.6 Å². The fourth-order valence-electron chi connectivity index (χ4n) is 1.93. The number of anilines is 1. The normalized spacial score (nSPS) is 18.9. The largest absolute Gasteiger partial charge is 0.323 e. The van der Waals surface area contributed by atoms with E-state index in [9.17, 15) is 13.6 Å². The number of rotatable bonds is 2. The van der Waals surface area contributed by atoms with E-state index in [1.807, 2.05) is 6.92 Å². The lowest BCUT2D eigenvalue weighted by atomic mass is 9.96. The van der Waals surface area contributed by atoms with Crippen LogP contribution < -0.4 is 5.32 Å². The van der Waals surface area contributed by atoms with Crippen LogP contribution in [0.15, 0.2) is 12.1 Å². The summed E-state index contributed by atoms with van der Waals surface area (Å²) in [7, 11) is 0. The first-order valence-corrected chi connectivity index (χ1v) is 4.93. The Bertz CT molecular complexity index is 417. The predicted octanol–water partition coefficient (Wildman–Crippen LogP) is 2.80. The van der Waals surface area contributed by atoms with E-state index in [0.29, 0.717) is 12.0 Å². The van der Waals surface area contributed by atoms with E-state index in [2.05, 4.69) is 5.32 Å². The van der Waals surface area contributed by atoms with Crippen LogP contribution in [0.25, 0.3) is 0 Å². The minimum Gasteiger partial charge on any atom is -0.323 e. The van der Waals surface area contributed by atoms with Crippen molar-refractivity contribution in [2.24, 2.45) is 0 Å². The van der Waals surface area contributed by atoms with Gasteiger partial charge in [0.1, 0.15) is 11.6 Å². The summed E-state index contributed by atoms with van der Waals surface area (Å²) >= 11 is 0. The van der Waals surface area contributed by atoms with Crippen LogP contribution in [-0.4, -0.2) is 5.91 Å². The second-order valence-corrected chi connectivity index (χ2v) is 3.68. The number of hydrogen-bond acceptors (Lipinski definition) is 1. The fourth-order valence-corrected chi connectivity index (χ4v) is 1.93. The summed E-state index contributed by atoms with van der Waals surface area (Å²) in [5, 5.41) is 2.45. The van der Waals surface area contributed by atoms with Gasteiger partial charge in [0.15, 0.2) is 0 Å². The molecule has 2 nitrogen and oxygen atoms in total. The molecule has 1 N–H and O–H groups in total. The maximum atomic E-state index is 13.3. The summed E-state index contributed by atoms with van der Waals surface area (Å²) in [5.41, 5.74) is 0.583. The average Bonchev–Trinajstić information content (AvgIpc) is 2.46. The summed E-state index contributed by atoms with van der Waals surface area (Å²) < 4.78 is 26.3. The van der Waals surface area contributed by atoms with Crippen molar-refractivity contribution in [1.82, 2.24) is 0 Å². The molecule has 1 amide bonds. The molecule has 0 bridgehead atoms. The number of halogens is 2. The highest BCUT2D eigenvalue weighted by molar-refractivity contribution is 6.02. The number of fused-ring (bicyclic) bond motifs is 1. The Hall–Kier alpha value is -1.45.